The quantitative estimate of drug-likeness (QED) is 0.764. The van der Waals surface area contributed by atoms with Crippen molar-refractivity contribution in [3.63, 3.8) is 0 Å². The second kappa shape index (κ2) is 4.42. The van der Waals surface area contributed by atoms with Gasteiger partial charge in [-0.1, -0.05) is 29.8 Å². The van der Waals surface area contributed by atoms with Crippen LogP contribution in [0.3, 0.4) is 0 Å². The molecule has 1 heterocycles. The van der Waals surface area contributed by atoms with E-state index in [4.69, 9.17) is 0 Å². The van der Waals surface area contributed by atoms with Crippen molar-refractivity contribution in [2.45, 2.75) is 6.92 Å². The molecule has 0 amide bonds. The zero-order valence-electron chi connectivity index (χ0n) is 10.0. The van der Waals surface area contributed by atoms with Crippen molar-refractivity contribution in [2.24, 2.45) is 0 Å². The Morgan fingerprint density at radius 1 is 1.28 bits per heavy atom. The Kier molecular flexibility index (Phi) is 3.09. The summed E-state index contributed by atoms with van der Waals surface area (Å²) >= 11 is 0. The highest BCUT2D eigenvalue weighted by Crippen LogP contribution is 2.31. The summed E-state index contributed by atoms with van der Waals surface area (Å²) in [5, 5.41) is 1.02. The Hall–Kier alpha value is -1.88. The Bertz CT molecular complexity index is 666. The SMILES string of the molecule is COC(=O)C1=C(c2cccc(C)c2)C=CS1(=O)=O. The van der Waals surface area contributed by atoms with Gasteiger partial charge in [-0.2, -0.15) is 0 Å². The van der Waals surface area contributed by atoms with E-state index >= 15 is 0 Å². The second-order valence-corrected chi connectivity index (χ2v) is 5.72. The summed E-state index contributed by atoms with van der Waals surface area (Å²) < 4.78 is 28.1. The van der Waals surface area contributed by atoms with E-state index in [1.54, 1.807) is 6.07 Å². The van der Waals surface area contributed by atoms with E-state index < -0.39 is 15.8 Å². The Morgan fingerprint density at radius 3 is 2.61 bits per heavy atom. The molecule has 18 heavy (non-hydrogen) atoms. The summed E-state index contributed by atoms with van der Waals surface area (Å²) in [6.45, 7) is 1.90. The molecule has 94 valence electrons. The van der Waals surface area contributed by atoms with E-state index in [9.17, 15) is 13.2 Å². The fraction of sp³-hybridized carbons (Fsp3) is 0.154. The molecule has 0 spiro atoms. The lowest BCUT2D eigenvalue weighted by Gasteiger charge is -2.05. The molecule has 4 nitrogen and oxygen atoms in total. The van der Waals surface area contributed by atoms with Crippen LogP contribution in [-0.2, 0) is 19.4 Å². The molecule has 0 unspecified atom stereocenters. The lowest BCUT2D eigenvalue weighted by atomic mass is 10.0. The molecular formula is C13H12O4S. The van der Waals surface area contributed by atoms with Gasteiger partial charge in [-0.25, -0.2) is 13.2 Å². The lowest BCUT2D eigenvalue weighted by molar-refractivity contribution is -0.135. The van der Waals surface area contributed by atoms with Gasteiger partial charge in [0.2, 0.25) is 9.84 Å². The molecule has 0 saturated heterocycles. The monoisotopic (exact) mass is 264 g/mol. The van der Waals surface area contributed by atoms with E-state index in [0.717, 1.165) is 18.1 Å². The van der Waals surface area contributed by atoms with Crippen molar-refractivity contribution in [2.75, 3.05) is 7.11 Å². The summed E-state index contributed by atoms with van der Waals surface area (Å²) in [7, 11) is -2.52. The van der Waals surface area contributed by atoms with Gasteiger partial charge in [0.15, 0.2) is 4.91 Å². The number of methoxy groups -OCH3 is 1. The number of rotatable bonds is 2. The minimum Gasteiger partial charge on any atom is -0.465 e. The Morgan fingerprint density at radius 2 is 2.00 bits per heavy atom. The fourth-order valence-corrected chi connectivity index (χ4v) is 3.07. The second-order valence-electron chi connectivity index (χ2n) is 3.95. The van der Waals surface area contributed by atoms with Crippen LogP contribution >= 0.6 is 0 Å². The molecule has 2 rings (SSSR count). The van der Waals surface area contributed by atoms with Crippen LogP contribution in [0.1, 0.15) is 11.1 Å². The Labute approximate surface area is 106 Å². The van der Waals surface area contributed by atoms with Crippen LogP contribution in [0.5, 0.6) is 0 Å². The van der Waals surface area contributed by atoms with E-state index in [1.807, 2.05) is 25.1 Å². The van der Waals surface area contributed by atoms with Crippen LogP contribution in [0.25, 0.3) is 5.57 Å². The molecule has 0 N–H and O–H groups in total. The maximum Gasteiger partial charge on any atom is 0.350 e. The van der Waals surface area contributed by atoms with Gasteiger partial charge in [-0.05, 0) is 18.6 Å². The largest absolute Gasteiger partial charge is 0.465 e. The van der Waals surface area contributed by atoms with Crippen molar-refractivity contribution < 1.29 is 17.9 Å². The molecule has 0 aliphatic carbocycles. The fourth-order valence-electron chi connectivity index (χ4n) is 1.81. The average Bonchev–Trinajstić information content (AvgIpc) is 2.64. The number of carbonyl (C=O) groups is 1. The highest BCUT2D eigenvalue weighted by atomic mass is 32.2. The highest BCUT2D eigenvalue weighted by Gasteiger charge is 2.31. The first-order chi connectivity index (χ1) is 8.45. The molecule has 1 aromatic rings. The number of benzene rings is 1. The number of hydrogen-bond acceptors (Lipinski definition) is 4. The van der Waals surface area contributed by atoms with Crippen molar-refractivity contribution in [3.8, 4) is 0 Å². The van der Waals surface area contributed by atoms with Gasteiger partial charge < -0.3 is 4.74 Å². The summed E-state index contributed by atoms with van der Waals surface area (Å²) in [5.74, 6) is -0.837. The third-order valence-corrected chi connectivity index (χ3v) is 4.09. The third kappa shape index (κ3) is 2.09. The van der Waals surface area contributed by atoms with Crippen molar-refractivity contribution in [3.05, 3.63) is 51.8 Å². The first kappa shape index (κ1) is 12.6. The predicted octanol–water partition coefficient (Wildman–Crippen LogP) is 1.82. The normalized spacial score (nSPS) is 17.0. The highest BCUT2D eigenvalue weighted by molar-refractivity contribution is 7.99. The van der Waals surface area contributed by atoms with E-state index in [-0.39, 0.29) is 4.91 Å². The average molecular weight is 264 g/mol. The van der Waals surface area contributed by atoms with E-state index in [2.05, 4.69) is 4.74 Å². The van der Waals surface area contributed by atoms with Gasteiger partial charge in [-0.15, -0.1) is 0 Å². The first-order valence-electron chi connectivity index (χ1n) is 5.28. The number of esters is 1. The predicted molar refractivity (Wildman–Crippen MR) is 68.2 cm³/mol. The van der Waals surface area contributed by atoms with E-state index in [1.165, 1.54) is 6.08 Å². The number of sulfone groups is 1. The standard InChI is InChI=1S/C13H12O4S/c1-9-4-3-5-10(8-9)11-6-7-18(15,16)12(11)13(14)17-2/h3-8H,1-2H3. The van der Waals surface area contributed by atoms with Crippen LogP contribution in [0.2, 0.25) is 0 Å². The molecule has 0 fully saturated rings. The minimum absolute atomic E-state index is 0.296. The van der Waals surface area contributed by atoms with Gasteiger partial charge in [0.25, 0.3) is 0 Å². The van der Waals surface area contributed by atoms with Crippen LogP contribution in [0.4, 0.5) is 0 Å². The molecular weight excluding hydrogens is 252 g/mol. The molecule has 0 saturated carbocycles. The zero-order valence-corrected chi connectivity index (χ0v) is 10.8. The molecule has 1 aliphatic rings. The zero-order chi connectivity index (χ0) is 13.3. The van der Waals surface area contributed by atoms with Crippen LogP contribution in [0.15, 0.2) is 40.7 Å². The molecule has 0 aromatic heterocycles. The molecule has 0 atom stereocenters. The summed E-state index contributed by atoms with van der Waals surface area (Å²) in [6.07, 6.45) is 1.43. The number of allylic oxidation sites excluding steroid dienone is 2. The number of hydrogen-bond donors (Lipinski definition) is 0. The third-order valence-electron chi connectivity index (χ3n) is 2.64. The van der Waals surface area contributed by atoms with Gasteiger partial charge in [0, 0.05) is 11.0 Å². The lowest BCUT2D eigenvalue weighted by Crippen LogP contribution is -2.12. The van der Waals surface area contributed by atoms with Crippen LogP contribution < -0.4 is 0 Å². The van der Waals surface area contributed by atoms with Gasteiger partial charge >= 0.3 is 5.97 Å². The molecule has 0 bridgehead atoms. The summed E-state index contributed by atoms with van der Waals surface area (Å²) in [4.78, 5) is 11.3. The molecule has 0 radical (unpaired) electrons. The van der Waals surface area contributed by atoms with E-state index in [0.29, 0.717) is 11.1 Å². The first-order valence-corrected chi connectivity index (χ1v) is 6.83. The van der Waals surface area contributed by atoms with Gasteiger partial charge in [0.05, 0.1) is 7.11 Å². The number of aryl methyl sites for hydroxylation is 1. The van der Waals surface area contributed by atoms with Crippen LogP contribution in [0, 0.1) is 6.92 Å². The topological polar surface area (TPSA) is 60.4 Å². The smallest absolute Gasteiger partial charge is 0.350 e. The number of ether oxygens (including phenoxy) is 1. The maximum atomic E-state index is 11.8. The molecule has 1 aromatic carbocycles. The summed E-state index contributed by atoms with van der Waals surface area (Å²) in [6, 6.07) is 7.29. The van der Waals surface area contributed by atoms with Crippen LogP contribution in [-0.4, -0.2) is 21.5 Å². The Balaban J connectivity index is 2.67. The number of carbonyl (C=O) groups excluding carboxylic acids is 1. The summed E-state index contributed by atoms with van der Waals surface area (Å²) in [5.41, 5.74) is 2.06. The molecule has 5 heteroatoms. The molecule has 1 aliphatic heterocycles. The maximum absolute atomic E-state index is 11.8. The van der Waals surface area contributed by atoms with Gasteiger partial charge in [-0.3, -0.25) is 0 Å². The van der Waals surface area contributed by atoms with Crippen molar-refractivity contribution in [1.29, 1.82) is 0 Å². The minimum atomic E-state index is -3.68. The van der Waals surface area contributed by atoms with Crippen molar-refractivity contribution >= 4 is 21.4 Å². The van der Waals surface area contributed by atoms with Crippen molar-refractivity contribution in [1.82, 2.24) is 0 Å². The van der Waals surface area contributed by atoms with Gasteiger partial charge in [0.1, 0.15) is 0 Å².